The highest BCUT2D eigenvalue weighted by atomic mass is 16.5. The Morgan fingerprint density at radius 1 is 1.13 bits per heavy atom. The third-order valence-electron chi connectivity index (χ3n) is 3.29. The number of carbonyl (C=O) groups is 2. The topological polar surface area (TPSA) is 92.6 Å². The molecule has 0 aliphatic rings. The first kappa shape index (κ1) is 16.4. The first-order valence-corrected chi connectivity index (χ1v) is 7.02. The van der Waals surface area contributed by atoms with Crippen LogP contribution in [0.15, 0.2) is 36.7 Å². The molecule has 0 atom stereocenters. The van der Waals surface area contributed by atoms with Gasteiger partial charge in [0.1, 0.15) is 11.4 Å². The lowest BCUT2D eigenvalue weighted by atomic mass is 10.2. The van der Waals surface area contributed by atoms with Crippen LogP contribution in [0.1, 0.15) is 33.5 Å². The zero-order valence-corrected chi connectivity index (χ0v) is 12.9. The number of rotatable bonds is 6. The van der Waals surface area contributed by atoms with Crippen LogP contribution in [0.3, 0.4) is 0 Å². The van der Waals surface area contributed by atoms with E-state index < -0.39 is 5.97 Å². The molecule has 0 fully saturated rings. The van der Waals surface area contributed by atoms with Gasteiger partial charge in [0.2, 0.25) is 0 Å². The molecule has 0 aliphatic heterocycles. The van der Waals surface area contributed by atoms with Gasteiger partial charge in [0.15, 0.2) is 5.69 Å². The molecule has 2 rings (SSSR count). The number of methoxy groups -OCH3 is 1. The van der Waals surface area contributed by atoms with Gasteiger partial charge in [0.25, 0.3) is 5.91 Å². The van der Waals surface area contributed by atoms with E-state index in [1.165, 1.54) is 6.20 Å². The number of amides is 1. The lowest BCUT2D eigenvalue weighted by Gasteiger charge is -2.20. The minimum Gasteiger partial charge on any atom is -0.497 e. The van der Waals surface area contributed by atoms with Crippen LogP contribution in [0.5, 0.6) is 5.75 Å². The molecule has 1 heterocycles. The van der Waals surface area contributed by atoms with Crippen LogP contribution < -0.4 is 4.74 Å². The summed E-state index contributed by atoms with van der Waals surface area (Å²) >= 11 is 0. The largest absolute Gasteiger partial charge is 0.497 e. The molecular formula is C16H17N3O4. The van der Waals surface area contributed by atoms with Crippen LogP contribution in [0.25, 0.3) is 0 Å². The number of aromatic nitrogens is 2. The second-order valence-corrected chi connectivity index (χ2v) is 4.76. The van der Waals surface area contributed by atoms with E-state index in [4.69, 9.17) is 9.84 Å². The maximum atomic E-state index is 12.4. The molecule has 23 heavy (non-hydrogen) atoms. The predicted octanol–water partition coefficient (Wildman–Crippen LogP) is 1.85. The highest BCUT2D eigenvalue weighted by Gasteiger charge is 2.17. The molecule has 0 radical (unpaired) electrons. The van der Waals surface area contributed by atoms with E-state index in [0.717, 1.165) is 17.5 Å². The summed E-state index contributed by atoms with van der Waals surface area (Å²) in [7, 11) is 1.59. The highest BCUT2D eigenvalue weighted by Crippen LogP contribution is 2.14. The molecule has 0 bridgehead atoms. The summed E-state index contributed by atoms with van der Waals surface area (Å²) in [5.41, 5.74) is 0.876. The Hall–Kier alpha value is -2.96. The van der Waals surface area contributed by atoms with Gasteiger partial charge < -0.3 is 14.7 Å². The smallest absolute Gasteiger partial charge is 0.356 e. The van der Waals surface area contributed by atoms with Gasteiger partial charge in [-0.2, -0.15) is 0 Å². The second-order valence-electron chi connectivity index (χ2n) is 4.76. The minimum absolute atomic E-state index is 0.116. The number of hydrogen-bond donors (Lipinski definition) is 1. The number of benzene rings is 1. The van der Waals surface area contributed by atoms with E-state index >= 15 is 0 Å². The Balaban J connectivity index is 2.12. The zero-order valence-electron chi connectivity index (χ0n) is 12.9. The number of aromatic carboxylic acids is 1. The van der Waals surface area contributed by atoms with Gasteiger partial charge in [-0.1, -0.05) is 12.1 Å². The Morgan fingerprint density at radius 3 is 2.22 bits per heavy atom. The predicted molar refractivity (Wildman–Crippen MR) is 82.4 cm³/mol. The quantitative estimate of drug-likeness (QED) is 0.874. The van der Waals surface area contributed by atoms with Crippen LogP contribution in [0, 0.1) is 0 Å². The molecule has 120 valence electrons. The third kappa shape index (κ3) is 4.03. The fourth-order valence-electron chi connectivity index (χ4n) is 1.99. The van der Waals surface area contributed by atoms with Gasteiger partial charge in [-0.3, -0.25) is 4.79 Å². The fraction of sp³-hybridized carbons (Fsp3) is 0.250. The second kappa shape index (κ2) is 7.35. The Labute approximate surface area is 133 Å². The van der Waals surface area contributed by atoms with E-state index in [9.17, 15) is 9.59 Å². The van der Waals surface area contributed by atoms with E-state index in [0.29, 0.717) is 13.1 Å². The summed E-state index contributed by atoms with van der Waals surface area (Å²) in [6, 6.07) is 7.42. The van der Waals surface area contributed by atoms with Crippen molar-refractivity contribution in [2.24, 2.45) is 0 Å². The number of carbonyl (C=O) groups excluding carboxylic acids is 1. The number of hydrogen-bond acceptors (Lipinski definition) is 5. The van der Waals surface area contributed by atoms with E-state index in [2.05, 4.69) is 9.97 Å². The summed E-state index contributed by atoms with van der Waals surface area (Å²) in [6.07, 6.45) is 2.26. The Bertz CT molecular complexity index is 683. The lowest BCUT2D eigenvalue weighted by molar-refractivity contribution is 0.0685. The van der Waals surface area contributed by atoms with Crippen molar-refractivity contribution in [3.63, 3.8) is 0 Å². The first-order valence-electron chi connectivity index (χ1n) is 7.02. The molecule has 1 amide bonds. The van der Waals surface area contributed by atoms with Crippen molar-refractivity contribution in [1.29, 1.82) is 0 Å². The number of carboxylic acids is 1. The van der Waals surface area contributed by atoms with Gasteiger partial charge >= 0.3 is 5.97 Å². The van der Waals surface area contributed by atoms with Gasteiger partial charge in [-0.15, -0.1) is 0 Å². The van der Waals surface area contributed by atoms with Gasteiger partial charge in [-0.05, 0) is 24.6 Å². The summed E-state index contributed by atoms with van der Waals surface area (Å²) in [5, 5.41) is 8.80. The van der Waals surface area contributed by atoms with Crippen LogP contribution >= 0.6 is 0 Å². The van der Waals surface area contributed by atoms with E-state index in [-0.39, 0.29) is 17.3 Å². The van der Waals surface area contributed by atoms with Crippen LogP contribution in [0.2, 0.25) is 0 Å². The van der Waals surface area contributed by atoms with Gasteiger partial charge in [0, 0.05) is 13.1 Å². The van der Waals surface area contributed by atoms with Crippen LogP contribution in [-0.2, 0) is 6.54 Å². The maximum absolute atomic E-state index is 12.4. The zero-order chi connectivity index (χ0) is 16.8. The summed E-state index contributed by atoms with van der Waals surface area (Å²) in [6.45, 7) is 2.77. The molecule has 0 unspecified atom stereocenters. The number of ether oxygens (including phenoxy) is 1. The molecule has 0 saturated heterocycles. The molecule has 0 aliphatic carbocycles. The van der Waals surface area contributed by atoms with Crippen molar-refractivity contribution in [2.45, 2.75) is 13.5 Å². The number of nitrogens with zero attached hydrogens (tertiary/aromatic N) is 3. The highest BCUT2D eigenvalue weighted by molar-refractivity contribution is 5.92. The number of carboxylic acid groups (broad SMARTS) is 1. The fourth-order valence-corrected chi connectivity index (χ4v) is 1.99. The minimum atomic E-state index is -1.18. The summed E-state index contributed by atoms with van der Waals surface area (Å²) in [5.74, 6) is -0.729. The molecule has 7 heteroatoms. The molecule has 0 saturated carbocycles. The first-order chi connectivity index (χ1) is 11.0. The normalized spacial score (nSPS) is 10.2. The molecule has 7 nitrogen and oxygen atoms in total. The van der Waals surface area contributed by atoms with Crippen LogP contribution in [-0.4, -0.2) is 45.5 Å². The molecule has 0 spiro atoms. The monoisotopic (exact) mass is 315 g/mol. The van der Waals surface area contributed by atoms with Crippen molar-refractivity contribution in [3.8, 4) is 5.75 Å². The molecular weight excluding hydrogens is 298 g/mol. The molecule has 2 aromatic rings. The lowest BCUT2D eigenvalue weighted by Crippen LogP contribution is -2.31. The molecule has 1 N–H and O–H groups in total. The summed E-state index contributed by atoms with van der Waals surface area (Å²) in [4.78, 5) is 32.4. The molecule has 1 aromatic carbocycles. The van der Waals surface area contributed by atoms with Crippen molar-refractivity contribution >= 4 is 11.9 Å². The molecule has 1 aromatic heterocycles. The van der Waals surface area contributed by atoms with Crippen molar-refractivity contribution in [2.75, 3.05) is 13.7 Å². The van der Waals surface area contributed by atoms with Gasteiger partial charge in [-0.25, -0.2) is 14.8 Å². The van der Waals surface area contributed by atoms with Crippen molar-refractivity contribution in [3.05, 3.63) is 53.6 Å². The Morgan fingerprint density at radius 2 is 1.74 bits per heavy atom. The summed E-state index contributed by atoms with van der Waals surface area (Å²) < 4.78 is 5.10. The average Bonchev–Trinajstić information content (AvgIpc) is 2.59. The van der Waals surface area contributed by atoms with Gasteiger partial charge in [0.05, 0.1) is 19.5 Å². The standard InChI is InChI=1S/C16H17N3O4/c1-3-19(10-11-4-6-12(23-2)7-5-11)15(20)13-8-18-14(9-17-13)16(21)22/h4-9H,3,10H2,1-2H3,(H,21,22). The van der Waals surface area contributed by atoms with E-state index in [1.54, 1.807) is 12.0 Å². The Kier molecular flexibility index (Phi) is 5.24. The maximum Gasteiger partial charge on any atom is 0.356 e. The third-order valence-corrected chi connectivity index (χ3v) is 3.29. The van der Waals surface area contributed by atoms with E-state index in [1.807, 2.05) is 31.2 Å². The SMILES string of the molecule is CCN(Cc1ccc(OC)cc1)C(=O)c1cnc(C(=O)O)cn1. The van der Waals surface area contributed by atoms with Crippen molar-refractivity contribution in [1.82, 2.24) is 14.9 Å². The van der Waals surface area contributed by atoms with Crippen molar-refractivity contribution < 1.29 is 19.4 Å². The average molecular weight is 315 g/mol. The van der Waals surface area contributed by atoms with Crippen LogP contribution in [0.4, 0.5) is 0 Å².